The molecule has 1 atom stereocenters. The summed E-state index contributed by atoms with van der Waals surface area (Å²) in [7, 11) is 0. The topological polar surface area (TPSA) is 50.2 Å². The molecule has 1 N–H and O–H groups in total. The van der Waals surface area contributed by atoms with Gasteiger partial charge in [-0.1, -0.05) is 17.7 Å². The van der Waals surface area contributed by atoms with Crippen molar-refractivity contribution in [3.8, 4) is 5.69 Å². The maximum Gasteiger partial charge on any atom is 0.274 e. The number of nitrogens with one attached hydrogen (secondary N) is 1. The van der Waals surface area contributed by atoms with Crippen LogP contribution in [0.1, 0.15) is 28.7 Å². The van der Waals surface area contributed by atoms with E-state index < -0.39 is 0 Å². The summed E-state index contributed by atoms with van der Waals surface area (Å²) in [6.07, 6.45) is 0. The first-order valence-electron chi connectivity index (χ1n) is 7.71. The number of nitrogens with zero attached hydrogens (tertiary/aromatic N) is 3. The summed E-state index contributed by atoms with van der Waals surface area (Å²) in [5.41, 5.74) is 3.68. The normalized spacial score (nSPS) is 17.7. The zero-order valence-corrected chi connectivity index (χ0v) is 14.6. The van der Waals surface area contributed by atoms with Crippen LogP contribution in [0.4, 0.5) is 0 Å². The Morgan fingerprint density at radius 2 is 1.96 bits per heavy atom. The average molecular weight is 335 g/mol. The average Bonchev–Trinajstić information content (AvgIpc) is 2.89. The maximum absolute atomic E-state index is 12.6. The van der Waals surface area contributed by atoms with Crippen molar-refractivity contribution in [2.24, 2.45) is 0 Å². The lowest BCUT2D eigenvalue weighted by Gasteiger charge is -2.31. The van der Waals surface area contributed by atoms with Gasteiger partial charge in [0.25, 0.3) is 5.91 Å². The zero-order chi connectivity index (χ0) is 15.7. The fourth-order valence-corrected chi connectivity index (χ4v) is 2.81. The lowest BCUT2D eigenvalue weighted by atomic mass is 10.2. The second-order valence-corrected chi connectivity index (χ2v) is 6.02. The Labute approximate surface area is 143 Å². The van der Waals surface area contributed by atoms with E-state index >= 15 is 0 Å². The Morgan fingerprint density at radius 3 is 2.61 bits per heavy atom. The van der Waals surface area contributed by atoms with Gasteiger partial charge in [-0.3, -0.25) is 4.79 Å². The predicted molar refractivity (Wildman–Crippen MR) is 93.7 cm³/mol. The number of rotatable bonds is 2. The van der Waals surface area contributed by atoms with Gasteiger partial charge >= 0.3 is 0 Å². The van der Waals surface area contributed by atoms with Crippen LogP contribution >= 0.6 is 12.4 Å². The third-order valence-electron chi connectivity index (χ3n) is 4.04. The zero-order valence-electron chi connectivity index (χ0n) is 13.7. The molecule has 1 saturated heterocycles. The molecular weight excluding hydrogens is 312 g/mol. The van der Waals surface area contributed by atoms with Gasteiger partial charge in [-0.15, -0.1) is 12.4 Å². The minimum atomic E-state index is 0. The standard InChI is InChI=1S/C17H22N4O.ClH/c1-12-4-6-15(7-5-12)21-14(3)10-16(19-21)17(22)20-9-8-18-13(2)11-20;/h4-7,10,13,18H,8-9,11H2,1-3H3;1H/t13-;/m1./s1. The highest BCUT2D eigenvalue weighted by Gasteiger charge is 2.24. The number of hydrogen-bond donors (Lipinski definition) is 1. The lowest BCUT2D eigenvalue weighted by Crippen LogP contribution is -2.51. The molecule has 0 unspecified atom stereocenters. The van der Waals surface area contributed by atoms with Crippen LogP contribution in [0.5, 0.6) is 0 Å². The Balaban J connectivity index is 0.00000192. The van der Waals surface area contributed by atoms with E-state index in [2.05, 4.69) is 36.4 Å². The molecule has 0 saturated carbocycles. The van der Waals surface area contributed by atoms with Gasteiger partial charge < -0.3 is 10.2 Å². The summed E-state index contributed by atoms with van der Waals surface area (Å²) in [6, 6.07) is 10.4. The van der Waals surface area contributed by atoms with Crippen LogP contribution in [0.2, 0.25) is 0 Å². The third-order valence-corrected chi connectivity index (χ3v) is 4.04. The SMILES string of the molecule is Cc1ccc(-n2nc(C(=O)N3CCN[C@H](C)C3)cc2C)cc1.Cl. The van der Waals surface area contributed by atoms with Gasteiger partial charge in [-0.05, 0) is 39.0 Å². The molecule has 1 aliphatic heterocycles. The molecule has 0 radical (unpaired) electrons. The Bertz CT molecular complexity index is 680. The highest BCUT2D eigenvalue weighted by atomic mass is 35.5. The summed E-state index contributed by atoms with van der Waals surface area (Å²) in [5.74, 6) is 0.0160. The molecule has 1 aliphatic rings. The van der Waals surface area contributed by atoms with Gasteiger partial charge in [0, 0.05) is 31.4 Å². The molecule has 1 aromatic heterocycles. The van der Waals surface area contributed by atoms with Crippen LogP contribution in [0.25, 0.3) is 5.69 Å². The van der Waals surface area contributed by atoms with E-state index in [0.717, 1.165) is 31.0 Å². The summed E-state index contributed by atoms with van der Waals surface area (Å²) >= 11 is 0. The molecular formula is C17H23ClN4O. The van der Waals surface area contributed by atoms with E-state index in [9.17, 15) is 4.79 Å². The monoisotopic (exact) mass is 334 g/mol. The summed E-state index contributed by atoms with van der Waals surface area (Å²) in [5, 5.41) is 7.86. The molecule has 1 aromatic carbocycles. The highest BCUT2D eigenvalue weighted by Crippen LogP contribution is 2.15. The quantitative estimate of drug-likeness (QED) is 0.917. The lowest BCUT2D eigenvalue weighted by molar-refractivity contribution is 0.0702. The number of aromatic nitrogens is 2. The molecule has 2 aromatic rings. The number of aryl methyl sites for hydroxylation is 2. The van der Waals surface area contributed by atoms with Crippen molar-refractivity contribution in [3.05, 3.63) is 47.3 Å². The van der Waals surface area contributed by atoms with Crippen LogP contribution in [-0.4, -0.2) is 46.3 Å². The number of carbonyl (C=O) groups excluding carboxylic acids is 1. The van der Waals surface area contributed by atoms with Crippen molar-refractivity contribution < 1.29 is 4.79 Å². The van der Waals surface area contributed by atoms with Crippen molar-refractivity contribution in [2.45, 2.75) is 26.8 Å². The summed E-state index contributed by atoms with van der Waals surface area (Å²) in [6.45, 7) is 8.43. The second-order valence-electron chi connectivity index (χ2n) is 6.02. The first kappa shape index (κ1) is 17.5. The van der Waals surface area contributed by atoms with Gasteiger partial charge in [0.2, 0.25) is 0 Å². The Kier molecular flexibility index (Phi) is 5.44. The number of piperazine rings is 1. The summed E-state index contributed by atoms with van der Waals surface area (Å²) in [4.78, 5) is 14.5. The van der Waals surface area contributed by atoms with E-state index in [1.54, 1.807) is 0 Å². The van der Waals surface area contributed by atoms with Gasteiger partial charge in [-0.2, -0.15) is 5.10 Å². The predicted octanol–water partition coefficient (Wildman–Crippen LogP) is 2.34. The van der Waals surface area contributed by atoms with Gasteiger partial charge in [0.05, 0.1) is 5.69 Å². The first-order chi connectivity index (χ1) is 10.5. The van der Waals surface area contributed by atoms with Crippen LogP contribution in [0.15, 0.2) is 30.3 Å². The van der Waals surface area contributed by atoms with Crippen LogP contribution in [0, 0.1) is 13.8 Å². The van der Waals surface area contributed by atoms with Crippen molar-refractivity contribution in [3.63, 3.8) is 0 Å². The number of benzene rings is 1. The smallest absolute Gasteiger partial charge is 0.274 e. The molecule has 2 heterocycles. The van der Waals surface area contributed by atoms with Crippen molar-refractivity contribution in [1.29, 1.82) is 0 Å². The third kappa shape index (κ3) is 3.74. The molecule has 1 fully saturated rings. The van der Waals surface area contributed by atoms with Crippen LogP contribution in [-0.2, 0) is 0 Å². The highest BCUT2D eigenvalue weighted by molar-refractivity contribution is 5.92. The van der Waals surface area contributed by atoms with Gasteiger partial charge in [0.15, 0.2) is 5.69 Å². The Hall–Kier alpha value is -1.85. The Morgan fingerprint density at radius 1 is 1.26 bits per heavy atom. The number of halogens is 1. The van der Waals surface area contributed by atoms with E-state index in [1.165, 1.54) is 5.56 Å². The van der Waals surface area contributed by atoms with Crippen LogP contribution < -0.4 is 5.32 Å². The van der Waals surface area contributed by atoms with E-state index in [0.29, 0.717) is 11.7 Å². The molecule has 0 aliphatic carbocycles. The van der Waals surface area contributed by atoms with E-state index in [-0.39, 0.29) is 18.3 Å². The van der Waals surface area contributed by atoms with Crippen molar-refractivity contribution in [2.75, 3.05) is 19.6 Å². The number of carbonyl (C=O) groups is 1. The maximum atomic E-state index is 12.6. The minimum absolute atomic E-state index is 0. The molecule has 0 spiro atoms. The van der Waals surface area contributed by atoms with Crippen molar-refractivity contribution in [1.82, 2.24) is 20.0 Å². The van der Waals surface area contributed by atoms with E-state index in [1.807, 2.05) is 34.7 Å². The van der Waals surface area contributed by atoms with E-state index in [4.69, 9.17) is 0 Å². The molecule has 1 amide bonds. The molecule has 3 rings (SSSR count). The van der Waals surface area contributed by atoms with Crippen LogP contribution in [0.3, 0.4) is 0 Å². The number of amides is 1. The molecule has 6 heteroatoms. The minimum Gasteiger partial charge on any atom is -0.334 e. The van der Waals surface area contributed by atoms with Crippen molar-refractivity contribution >= 4 is 18.3 Å². The first-order valence-corrected chi connectivity index (χ1v) is 7.71. The molecule has 23 heavy (non-hydrogen) atoms. The second kappa shape index (κ2) is 7.15. The molecule has 0 bridgehead atoms. The van der Waals surface area contributed by atoms with Gasteiger partial charge in [0.1, 0.15) is 0 Å². The number of hydrogen-bond acceptors (Lipinski definition) is 3. The largest absolute Gasteiger partial charge is 0.334 e. The fraction of sp³-hybridized carbons (Fsp3) is 0.412. The molecule has 124 valence electrons. The molecule has 5 nitrogen and oxygen atoms in total. The summed E-state index contributed by atoms with van der Waals surface area (Å²) < 4.78 is 1.83. The van der Waals surface area contributed by atoms with Gasteiger partial charge in [-0.25, -0.2) is 4.68 Å². The fourth-order valence-electron chi connectivity index (χ4n) is 2.81.